The maximum Gasteiger partial charge on any atom is 0.271 e. The van der Waals surface area contributed by atoms with Crippen LogP contribution in [-0.2, 0) is 0 Å². The molecule has 3 heterocycles. The highest BCUT2D eigenvalue weighted by Gasteiger charge is 2.38. The van der Waals surface area contributed by atoms with Gasteiger partial charge in [0, 0.05) is 36.8 Å². The fraction of sp³-hybridized carbons (Fsp3) is 0.375. The summed E-state index contributed by atoms with van der Waals surface area (Å²) in [5, 5.41) is 11.2. The Bertz CT molecular complexity index is 688. The summed E-state index contributed by atoms with van der Waals surface area (Å²) >= 11 is 5.89. The van der Waals surface area contributed by atoms with Crippen molar-refractivity contribution in [2.24, 2.45) is 11.8 Å². The van der Waals surface area contributed by atoms with Crippen LogP contribution in [0.3, 0.4) is 0 Å². The van der Waals surface area contributed by atoms with E-state index in [-0.39, 0.29) is 18.3 Å². The summed E-state index contributed by atoms with van der Waals surface area (Å²) < 4.78 is 0. The molecule has 2 N–H and O–H groups in total. The van der Waals surface area contributed by atoms with Crippen LogP contribution in [0.25, 0.3) is 11.3 Å². The van der Waals surface area contributed by atoms with Crippen LogP contribution >= 0.6 is 24.0 Å². The predicted octanol–water partition coefficient (Wildman–Crippen LogP) is 2.44. The van der Waals surface area contributed by atoms with E-state index in [1.807, 2.05) is 35.2 Å². The fourth-order valence-corrected chi connectivity index (χ4v) is 3.52. The van der Waals surface area contributed by atoms with E-state index < -0.39 is 0 Å². The predicted molar refractivity (Wildman–Crippen MR) is 92.0 cm³/mol. The van der Waals surface area contributed by atoms with Gasteiger partial charge < -0.3 is 10.2 Å². The van der Waals surface area contributed by atoms with Crippen LogP contribution in [0.4, 0.5) is 0 Å². The van der Waals surface area contributed by atoms with Crippen molar-refractivity contribution >= 4 is 29.9 Å². The second-order valence-electron chi connectivity index (χ2n) is 6.06. The van der Waals surface area contributed by atoms with Crippen LogP contribution in [0.2, 0.25) is 5.02 Å². The van der Waals surface area contributed by atoms with Gasteiger partial charge in [-0.05, 0) is 30.0 Å². The van der Waals surface area contributed by atoms with Crippen LogP contribution < -0.4 is 5.32 Å². The number of carbonyl (C=O) groups is 1. The van der Waals surface area contributed by atoms with Crippen molar-refractivity contribution in [1.82, 2.24) is 20.4 Å². The number of H-pyrrole nitrogens is 1. The number of hydrogen-bond acceptors (Lipinski definition) is 3. The molecule has 1 aromatic carbocycles. The Morgan fingerprint density at radius 3 is 2.48 bits per heavy atom. The second kappa shape index (κ2) is 6.51. The Morgan fingerprint density at radius 1 is 1.17 bits per heavy atom. The number of amides is 1. The molecule has 2 aromatic rings. The molecule has 2 aliphatic heterocycles. The Kier molecular flexibility index (Phi) is 4.62. The number of fused-ring (bicyclic) bond motifs is 1. The SMILES string of the molecule is Cl.O=C(c1cc(-c2ccc(Cl)cc2)n[nH]1)N1C[C@H]2CNC[C@H]2C1. The second-order valence-corrected chi connectivity index (χ2v) is 6.50. The van der Waals surface area contributed by atoms with E-state index in [2.05, 4.69) is 15.5 Å². The Labute approximate surface area is 145 Å². The van der Waals surface area contributed by atoms with Crippen molar-refractivity contribution in [2.75, 3.05) is 26.2 Å². The molecule has 5 nitrogen and oxygen atoms in total. The molecule has 0 saturated carbocycles. The topological polar surface area (TPSA) is 61.0 Å². The molecular formula is C16H18Cl2N4O. The number of carbonyl (C=O) groups excluding carboxylic acids is 1. The van der Waals surface area contributed by atoms with Crippen LogP contribution in [-0.4, -0.2) is 47.2 Å². The van der Waals surface area contributed by atoms with Gasteiger partial charge in [0.05, 0.1) is 5.69 Å². The summed E-state index contributed by atoms with van der Waals surface area (Å²) in [6.07, 6.45) is 0. The summed E-state index contributed by atoms with van der Waals surface area (Å²) in [5.74, 6) is 1.24. The van der Waals surface area contributed by atoms with Gasteiger partial charge in [-0.15, -0.1) is 12.4 Å². The monoisotopic (exact) mass is 352 g/mol. The Morgan fingerprint density at radius 2 is 1.83 bits per heavy atom. The van der Waals surface area contributed by atoms with Crippen molar-refractivity contribution in [3.8, 4) is 11.3 Å². The van der Waals surface area contributed by atoms with E-state index in [1.165, 1.54) is 0 Å². The molecule has 23 heavy (non-hydrogen) atoms. The summed E-state index contributed by atoms with van der Waals surface area (Å²) in [4.78, 5) is 14.5. The summed E-state index contributed by atoms with van der Waals surface area (Å²) in [5.41, 5.74) is 2.26. The van der Waals surface area contributed by atoms with Crippen molar-refractivity contribution in [3.63, 3.8) is 0 Å². The van der Waals surface area contributed by atoms with Gasteiger partial charge >= 0.3 is 0 Å². The van der Waals surface area contributed by atoms with Gasteiger partial charge in [-0.3, -0.25) is 9.89 Å². The number of aromatic nitrogens is 2. The number of benzene rings is 1. The zero-order valence-electron chi connectivity index (χ0n) is 12.5. The molecule has 2 aliphatic rings. The molecule has 0 spiro atoms. The lowest BCUT2D eigenvalue weighted by Gasteiger charge is -2.16. The van der Waals surface area contributed by atoms with E-state index >= 15 is 0 Å². The zero-order valence-corrected chi connectivity index (χ0v) is 14.0. The number of nitrogens with one attached hydrogen (secondary N) is 2. The zero-order chi connectivity index (χ0) is 15.1. The molecular weight excluding hydrogens is 335 g/mol. The molecule has 2 fully saturated rings. The van der Waals surface area contributed by atoms with E-state index in [0.717, 1.165) is 37.4 Å². The number of aromatic amines is 1. The van der Waals surface area contributed by atoms with Crippen molar-refractivity contribution < 1.29 is 4.79 Å². The van der Waals surface area contributed by atoms with E-state index in [9.17, 15) is 4.79 Å². The lowest BCUT2D eigenvalue weighted by Crippen LogP contribution is -2.32. The number of hydrogen-bond donors (Lipinski definition) is 2. The molecule has 4 rings (SSSR count). The van der Waals surface area contributed by atoms with Gasteiger partial charge in [0.1, 0.15) is 5.69 Å². The third-order valence-electron chi connectivity index (χ3n) is 4.62. The van der Waals surface area contributed by atoms with Gasteiger partial charge in [0.15, 0.2) is 0 Å². The van der Waals surface area contributed by atoms with Crippen molar-refractivity contribution in [2.45, 2.75) is 0 Å². The first kappa shape index (κ1) is 16.3. The molecule has 122 valence electrons. The largest absolute Gasteiger partial charge is 0.337 e. The third-order valence-corrected chi connectivity index (χ3v) is 4.88. The number of nitrogens with zero attached hydrogens (tertiary/aromatic N) is 2. The van der Waals surface area contributed by atoms with Gasteiger partial charge in [0.2, 0.25) is 0 Å². The molecule has 0 bridgehead atoms. The first-order valence-corrected chi connectivity index (χ1v) is 7.90. The van der Waals surface area contributed by atoms with Gasteiger partial charge in [-0.2, -0.15) is 5.10 Å². The van der Waals surface area contributed by atoms with E-state index in [1.54, 1.807) is 0 Å². The maximum atomic E-state index is 12.6. The molecule has 2 atom stereocenters. The first-order chi connectivity index (χ1) is 10.7. The van der Waals surface area contributed by atoms with Gasteiger partial charge in [-0.1, -0.05) is 23.7 Å². The number of likely N-dealkylation sites (tertiary alicyclic amines) is 1. The first-order valence-electron chi connectivity index (χ1n) is 7.52. The highest BCUT2D eigenvalue weighted by molar-refractivity contribution is 6.30. The maximum absolute atomic E-state index is 12.6. The molecule has 2 saturated heterocycles. The van der Waals surface area contributed by atoms with Gasteiger partial charge in [0.25, 0.3) is 5.91 Å². The number of halogens is 2. The standard InChI is InChI=1S/C16H17ClN4O.ClH/c17-13-3-1-10(2-4-13)14-5-15(20-19-14)16(22)21-8-11-6-18-7-12(11)9-21;/h1-5,11-12,18H,6-9H2,(H,19,20);1H/t11-,12+;. The Hall–Kier alpha value is -1.56. The van der Waals surface area contributed by atoms with Crippen LogP contribution in [0.5, 0.6) is 0 Å². The average Bonchev–Trinajstić information content (AvgIpc) is 3.22. The lowest BCUT2D eigenvalue weighted by atomic mass is 10.0. The fourth-order valence-electron chi connectivity index (χ4n) is 3.39. The molecule has 1 amide bonds. The van der Waals surface area contributed by atoms with Crippen LogP contribution in [0, 0.1) is 11.8 Å². The molecule has 7 heteroatoms. The Balaban J connectivity index is 0.00000156. The minimum Gasteiger partial charge on any atom is -0.337 e. The quantitative estimate of drug-likeness (QED) is 0.872. The molecule has 1 aromatic heterocycles. The highest BCUT2D eigenvalue weighted by atomic mass is 35.5. The molecule has 0 radical (unpaired) electrons. The minimum atomic E-state index is 0. The van der Waals surface area contributed by atoms with Crippen molar-refractivity contribution in [1.29, 1.82) is 0 Å². The van der Waals surface area contributed by atoms with Crippen LogP contribution in [0.1, 0.15) is 10.5 Å². The summed E-state index contributed by atoms with van der Waals surface area (Å²) in [7, 11) is 0. The molecule has 0 unspecified atom stereocenters. The lowest BCUT2D eigenvalue weighted by molar-refractivity contribution is 0.0776. The van der Waals surface area contributed by atoms with Gasteiger partial charge in [-0.25, -0.2) is 0 Å². The smallest absolute Gasteiger partial charge is 0.271 e. The number of rotatable bonds is 2. The third kappa shape index (κ3) is 3.09. The summed E-state index contributed by atoms with van der Waals surface area (Å²) in [6, 6.07) is 9.26. The average molecular weight is 353 g/mol. The van der Waals surface area contributed by atoms with Crippen molar-refractivity contribution in [3.05, 3.63) is 41.0 Å². The summed E-state index contributed by atoms with van der Waals surface area (Å²) in [6.45, 7) is 3.72. The van der Waals surface area contributed by atoms with E-state index in [4.69, 9.17) is 11.6 Å². The minimum absolute atomic E-state index is 0. The highest BCUT2D eigenvalue weighted by Crippen LogP contribution is 2.28. The normalized spacial score (nSPS) is 22.7. The van der Waals surface area contributed by atoms with E-state index in [0.29, 0.717) is 22.6 Å². The van der Waals surface area contributed by atoms with Crippen LogP contribution in [0.15, 0.2) is 30.3 Å². The molecule has 0 aliphatic carbocycles.